The summed E-state index contributed by atoms with van der Waals surface area (Å²) in [6.45, 7) is 1.09. The van der Waals surface area contributed by atoms with Crippen LogP contribution < -0.4 is 17.7 Å². The second-order valence-corrected chi connectivity index (χ2v) is 3.43. The highest BCUT2D eigenvalue weighted by Crippen LogP contribution is 2.26. The summed E-state index contributed by atoms with van der Waals surface area (Å²) in [7, 11) is 0. The number of aliphatic hydroxyl groups is 1. The van der Waals surface area contributed by atoms with E-state index in [0.717, 1.165) is 24.2 Å². The van der Waals surface area contributed by atoms with Gasteiger partial charge in [0.2, 0.25) is 0 Å². The monoisotopic (exact) mass is 217 g/mol. The van der Waals surface area contributed by atoms with Gasteiger partial charge in [-0.3, -0.25) is 0 Å². The van der Waals surface area contributed by atoms with Crippen molar-refractivity contribution >= 4 is 5.69 Å². The maximum absolute atomic E-state index is 12.9. The second-order valence-electron chi connectivity index (χ2n) is 3.43. The van der Waals surface area contributed by atoms with Crippen LogP contribution in [0, 0.1) is 5.82 Å². The van der Waals surface area contributed by atoms with E-state index in [1.807, 2.05) is 0 Å². The SMILES string of the molecule is OCC1CC[NH2+]c2ccc(F)cc21.[Cl-]. The van der Waals surface area contributed by atoms with Gasteiger partial charge in [-0.15, -0.1) is 0 Å². The highest BCUT2D eigenvalue weighted by Gasteiger charge is 2.22. The predicted octanol–water partition coefficient (Wildman–Crippen LogP) is -2.50. The first-order valence-corrected chi connectivity index (χ1v) is 4.55. The average molecular weight is 218 g/mol. The Labute approximate surface area is 88.5 Å². The molecule has 0 amide bonds. The summed E-state index contributed by atoms with van der Waals surface area (Å²) in [5.74, 6) is -0.0943. The Kier molecular flexibility index (Phi) is 3.86. The number of halogens is 2. The van der Waals surface area contributed by atoms with Crippen LogP contribution in [-0.4, -0.2) is 18.3 Å². The Morgan fingerprint density at radius 3 is 3.00 bits per heavy atom. The van der Waals surface area contributed by atoms with Crippen LogP contribution in [-0.2, 0) is 0 Å². The second kappa shape index (κ2) is 4.73. The fourth-order valence-electron chi connectivity index (χ4n) is 1.87. The van der Waals surface area contributed by atoms with E-state index < -0.39 is 0 Å². The van der Waals surface area contributed by atoms with E-state index in [4.69, 9.17) is 5.11 Å². The van der Waals surface area contributed by atoms with E-state index in [-0.39, 0.29) is 30.7 Å². The summed E-state index contributed by atoms with van der Waals surface area (Å²) in [5, 5.41) is 11.2. The van der Waals surface area contributed by atoms with Gasteiger partial charge in [0.1, 0.15) is 11.5 Å². The van der Waals surface area contributed by atoms with Crippen molar-refractivity contribution in [3.8, 4) is 0 Å². The summed E-state index contributed by atoms with van der Waals surface area (Å²) < 4.78 is 12.9. The minimum Gasteiger partial charge on any atom is -1.00 e. The number of aliphatic hydroxyl groups excluding tert-OH is 1. The molecule has 0 aliphatic carbocycles. The molecule has 0 radical (unpaired) electrons. The zero-order chi connectivity index (χ0) is 9.26. The zero-order valence-corrected chi connectivity index (χ0v) is 8.47. The summed E-state index contributed by atoms with van der Waals surface area (Å²) >= 11 is 0. The summed E-state index contributed by atoms with van der Waals surface area (Å²) in [4.78, 5) is 0. The summed E-state index contributed by atoms with van der Waals surface area (Å²) in [5.41, 5.74) is 2.03. The molecule has 78 valence electrons. The summed E-state index contributed by atoms with van der Waals surface area (Å²) in [6, 6.07) is 4.79. The van der Waals surface area contributed by atoms with Gasteiger partial charge >= 0.3 is 0 Å². The summed E-state index contributed by atoms with van der Waals surface area (Å²) in [6.07, 6.45) is 0.924. The van der Waals surface area contributed by atoms with Crippen molar-refractivity contribution in [1.82, 2.24) is 0 Å². The van der Waals surface area contributed by atoms with Crippen LogP contribution in [0.2, 0.25) is 0 Å². The molecule has 1 atom stereocenters. The fraction of sp³-hybridized carbons (Fsp3) is 0.400. The molecule has 2 nitrogen and oxygen atoms in total. The van der Waals surface area contributed by atoms with Gasteiger partial charge in [-0.25, -0.2) is 4.39 Å². The fourth-order valence-corrected chi connectivity index (χ4v) is 1.87. The van der Waals surface area contributed by atoms with Crippen molar-refractivity contribution in [2.75, 3.05) is 13.2 Å². The molecule has 0 fully saturated rings. The van der Waals surface area contributed by atoms with E-state index in [1.165, 1.54) is 12.1 Å². The third-order valence-corrected chi connectivity index (χ3v) is 2.59. The first-order chi connectivity index (χ1) is 6.31. The van der Waals surface area contributed by atoms with E-state index in [2.05, 4.69) is 5.32 Å². The number of quaternary nitrogens is 1. The number of rotatable bonds is 1. The highest BCUT2D eigenvalue weighted by atomic mass is 35.5. The quantitative estimate of drug-likeness (QED) is 0.502. The lowest BCUT2D eigenvalue weighted by atomic mass is 9.92. The number of nitrogens with two attached hydrogens (primary N) is 1. The third kappa shape index (κ3) is 2.05. The van der Waals surface area contributed by atoms with Gasteiger partial charge in [0.25, 0.3) is 0 Å². The van der Waals surface area contributed by atoms with Gasteiger partial charge in [0.05, 0.1) is 13.2 Å². The van der Waals surface area contributed by atoms with Crippen molar-refractivity contribution in [1.29, 1.82) is 0 Å². The van der Waals surface area contributed by atoms with Crippen LogP contribution in [0.1, 0.15) is 17.9 Å². The molecule has 1 aliphatic heterocycles. The minimum absolute atomic E-state index is 0. The van der Waals surface area contributed by atoms with Crippen LogP contribution in [0.4, 0.5) is 10.1 Å². The maximum Gasteiger partial charge on any atom is 0.133 e. The van der Waals surface area contributed by atoms with Crippen LogP contribution in [0.5, 0.6) is 0 Å². The van der Waals surface area contributed by atoms with Gasteiger partial charge in [-0.1, -0.05) is 0 Å². The third-order valence-electron chi connectivity index (χ3n) is 2.59. The topological polar surface area (TPSA) is 36.8 Å². The van der Waals surface area contributed by atoms with Gasteiger partial charge in [0, 0.05) is 24.0 Å². The normalized spacial score (nSPS) is 19.7. The van der Waals surface area contributed by atoms with Crippen LogP contribution >= 0.6 is 0 Å². The molecule has 1 heterocycles. The molecule has 14 heavy (non-hydrogen) atoms. The van der Waals surface area contributed by atoms with Crippen LogP contribution in [0.3, 0.4) is 0 Å². The zero-order valence-electron chi connectivity index (χ0n) is 7.71. The van der Waals surface area contributed by atoms with Gasteiger partial charge < -0.3 is 22.8 Å². The Hall–Kier alpha value is -0.640. The smallest absolute Gasteiger partial charge is 0.133 e. The minimum atomic E-state index is -0.215. The molecule has 4 heteroatoms. The molecule has 0 saturated heterocycles. The molecule has 1 aromatic rings. The van der Waals surface area contributed by atoms with Crippen molar-refractivity contribution in [3.63, 3.8) is 0 Å². The number of hydrogen-bond donors (Lipinski definition) is 2. The lowest BCUT2D eigenvalue weighted by Gasteiger charge is -2.21. The van der Waals surface area contributed by atoms with Crippen molar-refractivity contribution in [3.05, 3.63) is 29.6 Å². The van der Waals surface area contributed by atoms with Crippen LogP contribution in [0.15, 0.2) is 18.2 Å². The standard InChI is InChI=1S/C10H12FNO.ClH/c11-8-1-2-10-9(5-8)7(6-13)3-4-12-10;/h1-2,5,7,12-13H,3-4,6H2;1H. The Bertz CT molecular complexity index is 319. The lowest BCUT2D eigenvalue weighted by Crippen LogP contribution is -3.00. The Balaban J connectivity index is 0.000000980. The van der Waals surface area contributed by atoms with Crippen LogP contribution in [0.25, 0.3) is 0 Å². The molecule has 0 bridgehead atoms. The van der Waals surface area contributed by atoms with E-state index in [9.17, 15) is 4.39 Å². The lowest BCUT2D eigenvalue weighted by molar-refractivity contribution is -0.577. The molecule has 1 aromatic carbocycles. The van der Waals surface area contributed by atoms with Gasteiger partial charge in [-0.05, 0) is 12.1 Å². The first-order valence-electron chi connectivity index (χ1n) is 4.55. The van der Waals surface area contributed by atoms with Crippen molar-refractivity contribution < 1.29 is 27.2 Å². The Morgan fingerprint density at radius 1 is 1.50 bits per heavy atom. The van der Waals surface area contributed by atoms with Gasteiger partial charge in [-0.2, -0.15) is 0 Å². The first kappa shape index (κ1) is 11.4. The molecule has 0 spiro atoms. The number of fused-ring (bicyclic) bond motifs is 1. The highest BCUT2D eigenvalue weighted by molar-refractivity contribution is 5.42. The van der Waals surface area contributed by atoms with E-state index in [0.29, 0.717) is 0 Å². The maximum atomic E-state index is 12.9. The molecule has 0 saturated carbocycles. The number of benzene rings is 1. The molecular formula is C10H13ClFNO. The molecule has 0 aromatic heterocycles. The molecule has 2 rings (SSSR count). The molecule has 3 N–H and O–H groups in total. The Morgan fingerprint density at radius 2 is 2.29 bits per heavy atom. The van der Waals surface area contributed by atoms with Crippen molar-refractivity contribution in [2.24, 2.45) is 0 Å². The van der Waals surface area contributed by atoms with E-state index >= 15 is 0 Å². The van der Waals surface area contributed by atoms with Gasteiger partial charge in [0.15, 0.2) is 0 Å². The van der Waals surface area contributed by atoms with E-state index in [1.54, 1.807) is 6.07 Å². The molecule has 1 aliphatic rings. The molecule has 1 unspecified atom stereocenters. The van der Waals surface area contributed by atoms with Crippen molar-refractivity contribution in [2.45, 2.75) is 12.3 Å². The molecular weight excluding hydrogens is 205 g/mol. The largest absolute Gasteiger partial charge is 1.00 e. The predicted molar refractivity (Wildman–Crippen MR) is 47.3 cm³/mol. The number of hydrogen-bond acceptors (Lipinski definition) is 1. The average Bonchev–Trinajstić information content (AvgIpc) is 2.17.